The summed E-state index contributed by atoms with van der Waals surface area (Å²) >= 11 is 0. The Balaban J connectivity index is 1.79. The molecule has 1 aliphatic heterocycles. The Morgan fingerprint density at radius 2 is 1.88 bits per heavy atom. The molecule has 1 aliphatic rings. The van der Waals surface area contributed by atoms with Crippen LogP contribution in [0.4, 0.5) is 10.6 Å². The van der Waals surface area contributed by atoms with Crippen molar-refractivity contribution in [2.45, 2.75) is 102 Å². The van der Waals surface area contributed by atoms with Crippen LogP contribution in [0.2, 0.25) is 0 Å². The van der Waals surface area contributed by atoms with E-state index in [1.807, 2.05) is 37.3 Å². The van der Waals surface area contributed by atoms with Crippen LogP contribution in [0.15, 0.2) is 42.9 Å². The van der Waals surface area contributed by atoms with Crippen molar-refractivity contribution in [1.82, 2.24) is 25.5 Å². The fraction of sp³-hybridized carbons (Fsp3) is 0.567. The number of unbranched alkanes of at least 4 members (excludes halogenated alkanes) is 1. The molecule has 2 aromatic rings. The molecule has 2 heterocycles. The summed E-state index contributed by atoms with van der Waals surface area (Å²) in [6.45, 7) is 11.1. The molecule has 0 spiro atoms. The van der Waals surface area contributed by atoms with Crippen molar-refractivity contribution in [3.05, 3.63) is 48.4 Å². The molecule has 1 fully saturated rings. The predicted octanol–water partition coefficient (Wildman–Crippen LogP) is 3.49. The molecule has 3 atom stereocenters. The molecule has 3 amide bonds. The fourth-order valence-corrected chi connectivity index (χ4v) is 4.94. The van der Waals surface area contributed by atoms with Gasteiger partial charge in [0.15, 0.2) is 12.1 Å². The standard InChI is InChI=1S/C30H44N6O5/c1-7-8-15-22(33-26(39)29(5,6)35-27(40)41-28(2,3)4)25(38)34-24-18-36(20-32-24)30(19-37,23-16-12-17-31-23)21-13-10-9-11-14-21/h9-11,13-14,18-20,22-23,31H,7-8,12,15-17H2,1-6H3,(H,33,39)(H,34,38)(H,35,40). The quantitative estimate of drug-likeness (QED) is 0.287. The van der Waals surface area contributed by atoms with Crippen LogP contribution in [0.1, 0.15) is 79.2 Å². The lowest BCUT2D eigenvalue weighted by molar-refractivity contribution is -0.130. The largest absolute Gasteiger partial charge is 0.444 e. The van der Waals surface area contributed by atoms with Crippen molar-refractivity contribution in [1.29, 1.82) is 0 Å². The van der Waals surface area contributed by atoms with Gasteiger partial charge in [0.2, 0.25) is 11.8 Å². The molecule has 11 heteroatoms. The van der Waals surface area contributed by atoms with Crippen LogP contribution in [0.25, 0.3) is 0 Å². The fourth-order valence-electron chi connectivity index (χ4n) is 4.94. The van der Waals surface area contributed by atoms with Crippen LogP contribution < -0.4 is 21.3 Å². The van der Waals surface area contributed by atoms with E-state index in [1.165, 1.54) is 0 Å². The normalized spacial score (nSPS) is 17.7. The molecule has 41 heavy (non-hydrogen) atoms. The first kappa shape index (κ1) is 31.8. The number of anilines is 1. The molecule has 3 unspecified atom stereocenters. The molecule has 0 bridgehead atoms. The zero-order chi connectivity index (χ0) is 30.3. The molecule has 0 radical (unpaired) electrons. The topological polar surface area (TPSA) is 143 Å². The lowest BCUT2D eigenvalue weighted by Gasteiger charge is -2.36. The van der Waals surface area contributed by atoms with Crippen LogP contribution in [-0.4, -0.2) is 63.5 Å². The van der Waals surface area contributed by atoms with Crippen LogP contribution in [0.3, 0.4) is 0 Å². The lowest BCUT2D eigenvalue weighted by atomic mass is 9.82. The highest BCUT2D eigenvalue weighted by atomic mass is 16.6. The van der Waals surface area contributed by atoms with Crippen molar-refractivity contribution < 1.29 is 23.9 Å². The second kappa shape index (κ2) is 13.3. The minimum Gasteiger partial charge on any atom is -0.444 e. The van der Waals surface area contributed by atoms with E-state index in [0.29, 0.717) is 12.8 Å². The van der Waals surface area contributed by atoms with Gasteiger partial charge in [0.25, 0.3) is 0 Å². The molecule has 1 saturated heterocycles. The Kier molecular flexibility index (Phi) is 10.3. The molecular formula is C30H44N6O5. The Morgan fingerprint density at radius 3 is 2.46 bits per heavy atom. The van der Waals surface area contributed by atoms with E-state index in [-0.39, 0.29) is 11.9 Å². The molecule has 11 nitrogen and oxygen atoms in total. The number of ether oxygens (including phenoxy) is 1. The van der Waals surface area contributed by atoms with Crippen molar-refractivity contribution in [2.75, 3.05) is 11.9 Å². The third kappa shape index (κ3) is 7.93. The number of rotatable bonds is 12. The Bertz CT molecular complexity index is 1200. The van der Waals surface area contributed by atoms with Gasteiger partial charge >= 0.3 is 6.09 Å². The Morgan fingerprint density at radius 1 is 1.17 bits per heavy atom. The van der Waals surface area contributed by atoms with E-state index in [4.69, 9.17) is 4.74 Å². The number of hydrogen-bond donors (Lipinski definition) is 4. The predicted molar refractivity (Wildman–Crippen MR) is 156 cm³/mol. The van der Waals surface area contributed by atoms with E-state index < -0.39 is 40.6 Å². The minimum atomic E-state index is -1.33. The van der Waals surface area contributed by atoms with Gasteiger partial charge < -0.3 is 35.4 Å². The molecule has 0 aliphatic carbocycles. The van der Waals surface area contributed by atoms with Crippen molar-refractivity contribution in [3.8, 4) is 0 Å². The van der Waals surface area contributed by atoms with Crippen molar-refractivity contribution >= 4 is 30.0 Å². The first-order valence-electron chi connectivity index (χ1n) is 14.2. The number of hydrogen-bond acceptors (Lipinski definition) is 7. The monoisotopic (exact) mass is 568 g/mol. The molecule has 4 N–H and O–H groups in total. The van der Waals surface area contributed by atoms with Gasteiger partial charge in [-0.1, -0.05) is 50.1 Å². The van der Waals surface area contributed by atoms with Crippen LogP contribution >= 0.6 is 0 Å². The second-order valence-corrected chi connectivity index (χ2v) is 12.0. The number of carbonyl (C=O) groups excluding carboxylic acids is 4. The Labute approximate surface area is 242 Å². The van der Waals surface area contributed by atoms with E-state index in [1.54, 1.807) is 51.7 Å². The molecular weight excluding hydrogens is 524 g/mol. The Hall–Kier alpha value is -3.73. The summed E-state index contributed by atoms with van der Waals surface area (Å²) in [6.07, 6.45) is 7.06. The van der Waals surface area contributed by atoms with Crippen molar-refractivity contribution in [3.63, 3.8) is 0 Å². The average Bonchev–Trinajstić information content (AvgIpc) is 3.60. The van der Waals surface area contributed by atoms with Gasteiger partial charge in [-0.2, -0.15) is 0 Å². The highest BCUT2D eigenvalue weighted by Crippen LogP contribution is 2.33. The van der Waals surface area contributed by atoms with Gasteiger partial charge in [0.1, 0.15) is 22.7 Å². The SMILES string of the molecule is CCCCC(NC(=O)C(C)(C)NC(=O)OC(C)(C)C)C(=O)Nc1cn(C(C=O)(c2ccccc2)C2CCCN2)cn1. The van der Waals surface area contributed by atoms with E-state index in [2.05, 4.69) is 26.3 Å². The first-order valence-corrected chi connectivity index (χ1v) is 14.2. The van der Waals surface area contributed by atoms with Crippen LogP contribution in [0, 0.1) is 0 Å². The second-order valence-electron chi connectivity index (χ2n) is 12.0. The van der Waals surface area contributed by atoms with Gasteiger partial charge in [-0.15, -0.1) is 0 Å². The summed E-state index contributed by atoms with van der Waals surface area (Å²) in [5, 5.41) is 11.6. The summed E-state index contributed by atoms with van der Waals surface area (Å²) in [7, 11) is 0. The zero-order valence-corrected chi connectivity index (χ0v) is 25.0. The maximum absolute atomic E-state index is 13.4. The number of aromatic nitrogens is 2. The number of aldehydes is 1. The van der Waals surface area contributed by atoms with Gasteiger partial charge in [-0.25, -0.2) is 9.78 Å². The molecule has 1 aromatic heterocycles. The third-order valence-corrected chi connectivity index (χ3v) is 7.12. The maximum atomic E-state index is 13.4. The minimum absolute atomic E-state index is 0.142. The zero-order valence-electron chi connectivity index (χ0n) is 25.0. The number of imidazole rings is 1. The number of nitrogens with zero attached hydrogens (tertiary/aromatic N) is 2. The van der Waals surface area contributed by atoms with E-state index in [0.717, 1.165) is 37.7 Å². The lowest BCUT2D eigenvalue weighted by Crippen LogP contribution is -2.58. The average molecular weight is 569 g/mol. The molecule has 1 aromatic carbocycles. The van der Waals surface area contributed by atoms with Gasteiger partial charge in [-0.3, -0.25) is 9.59 Å². The van der Waals surface area contributed by atoms with E-state index in [9.17, 15) is 19.2 Å². The summed E-state index contributed by atoms with van der Waals surface area (Å²) in [6, 6.07) is 8.50. The highest BCUT2D eigenvalue weighted by molar-refractivity contribution is 5.98. The van der Waals surface area contributed by atoms with Crippen LogP contribution in [-0.2, 0) is 24.7 Å². The highest BCUT2D eigenvalue weighted by Gasteiger charge is 2.44. The number of amides is 3. The third-order valence-electron chi connectivity index (χ3n) is 7.12. The summed E-state index contributed by atoms with van der Waals surface area (Å²) in [5.41, 5.74) is -2.28. The van der Waals surface area contributed by atoms with Gasteiger partial charge in [-0.05, 0) is 66.0 Å². The number of nitrogens with one attached hydrogen (secondary N) is 4. The number of alkyl carbamates (subject to hydrolysis) is 1. The smallest absolute Gasteiger partial charge is 0.408 e. The van der Waals surface area contributed by atoms with E-state index >= 15 is 0 Å². The summed E-state index contributed by atoms with van der Waals surface area (Å²) in [4.78, 5) is 56.0. The number of benzene rings is 1. The summed E-state index contributed by atoms with van der Waals surface area (Å²) in [5.74, 6) is -0.709. The number of carbonyl (C=O) groups is 4. The molecule has 3 rings (SSSR count). The maximum Gasteiger partial charge on any atom is 0.408 e. The van der Waals surface area contributed by atoms with Gasteiger partial charge in [0.05, 0.1) is 6.33 Å². The van der Waals surface area contributed by atoms with Gasteiger partial charge in [0, 0.05) is 12.2 Å². The van der Waals surface area contributed by atoms with Crippen molar-refractivity contribution in [2.24, 2.45) is 0 Å². The van der Waals surface area contributed by atoms with Crippen LogP contribution in [0.5, 0.6) is 0 Å². The summed E-state index contributed by atoms with van der Waals surface area (Å²) < 4.78 is 7.02. The molecule has 224 valence electrons. The molecule has 0 saturated carbocycles. The first-order chi connectivity index (χ1) is 19.3.